The van der Waals surface area contributed by atoms with E-state index in [1.165, 1.54) is 6.07 Å². The zero-order valence-corrected chi connectivity index (χ0v) is 19.5. The lowest BCUT2D eigenvalue weighted by molar-refractivity contribution is -0.137. The van der Waals surface area contributed by atoms with Gasteiger partial charge in [-0.2, -0.15) is 0 Å². The largest absolute Gasteiger partial charge is 0.494 e. The second-order valence-electron chi connectivity index (χ2n) is 8.34. The van der Waals surface area contributed by atoms with Gasteiger partial charge in [0.2, 0.25) is 0 Å². The lowest BCUT2D eigenvalue weighted by Gasteiger charge is -2.16. The number of aryl methyl sites for hydroxylation is 2. The molecular formula is C28H27FN2O3. The van der Waals surface area contributed by atoms with E-state index in [4.69, 9.17) is 4.74 Å². The van der Waals surface area contributed by atoms with Gasteiger partial charge >= 0.3 is 0 Å². The highest BCUT2D eigenvalue weighted by Crippen LogP contribution is 2.33. The highest BCUT2D eigenvalue weighted by molar-refractivity contribution is 6.36. The highest BCUT2D eigenvalue weighted by atomic mass is 19.1. The van der Waals surface area contributed by atoms with Gasteiger partial charge in [0, 0.05) is 17.3 Å². The lowest BCUT2D eigenvalue weighted by atomic mass is 9.99. The maximum Gasteiger partial charge on any atom is 0.278 e. The first-order valence-corrected chi connectivity index (χ1v) is 11.3. The van der Waals surface area contributed by atoms with Crippen molar-refractivity contribution in [3.8, 4) is 5.75 Å². The minimum Gasteiger partial charge on any atom is -0.494 e. The Bertz CT molecular complexity index is 1280. The number of hydrogen-bond donors (Lipinski definition) is 1. The Morgan fingerprint density at radius 1 is 0.912 bits per heavy atom. The van der Waals surface area contributed by atoms with Crippen LogP contribution in [0.4, 0.5) is 10.1 Å². The fourth-order valence-corrected chi connectivity index (χ4v) is 3.83. The van der Waals surface area contributed by atoms with Crippen LogP contribution >= 0.6 is 0 Å². The number of benzene rings is 3. The first-order chi connectivity index (χ1) is 16.4. The smallest absolute Gasteiger partial charge is 0.278 e. The molecule has 3 aromatic carbocycles. The molecule has 34 heavy (non-hydrogen) atoms. The minimum absolute atomic E-state index is 0.149. The van der Waals surface area contributed by atoms with Crippen molar-refractivity contribution in [2.45, 2.75) is 33.7 Å². The van der Waals surface area contributed by atoms with Crippen LogP contribution in [0.15, 0.2) is 72.4 Å². The zero-order chi connectivity index (χ0) is 24.2. The van der Waals surface area contributed by atoms with E-state index >= 15 is 0 Å². The number of carbonyl (C=O) groups excluding carboxylic acids is 2. The third-order valence-electron chi connectivity index (χ3n) is 5.83. The van der Waals surface area contributed by atoms with Crippen molar-refractivity contribution in [2.24, 2.45) is 0 Å². The van der Waals surface area contributed by atoms with Crippen LogP contribution in [-0.2, 0) is 16.1 Å². The number of nitrogens with zero attached hydrogens (tertiary/aromatic N) is 1. The van der Waals surface area contributed by atoms with Crippen LogP contribution in [0.3, 0.4) is 0 Å². The number of amides is 2. The summed E-state index contributed by atoms with van der Waals surface area (Å²) in [5.41, 5.74) is 4.06. The van der Waals surface area contributed by atoms with Crippen molar-refractivity contribution in [3.05, 3.63) is 100 Å². The number of nitrogens with one attached hydrogen (secondary N) is 1. The third kappa shape index (κ3) is 4.71. The van der Waals surface area contributed by atoms with E-state index < -0.39 is 17.6 Å². The second kappa shape index (κ2) is 9.91. The van der Waals surface area contributed by atoms with E-state index in [0.29, 0.717) is 23.6 Å². The standard InChI is InChI=1S/C28H27FN2O3/c1-4-14-34-23-10-7-9-22(16-23)30-26-25(20-13-12-18(2)19(3)15-20)27(32)31(28(26)33)17-21-8-5-6-11-24(21)29/h5-13,15-16,30H,4,14,17H2,1-3H3. The maximum atomic E-state index is 14.3. The van der Waals surface area contributed by atoms with Crippen molar-refractivity contribution >= 4 is 23.1 Å². The van der Waals surface area contributed by atoms with Crippen molar-refractivity contribution in [1.82, 2.24) is 4.90 Å². The minimum atomic E-state index is -0.499. The topological polar surface area (TPSA) is 58.6 Å². The summed E-state index contributed by atoms with van der Waals surface area (Å²) in [6.45, 7) is 6.40. The van der Waals surface area contributed by atoms with Gasteiger partial charge in [-0.1, -0.05) is 49.4 Å². The molecule has 0 unspecified atom stereocenters. The Morgan fingerprint density at radius 3 is 2.44 bits per heavy atom. The van der Waals surface area contributed by atoms with Gasteiger partial charge in [0.05, 0.1) is 18.7 Å². The maximum absolute atomic E-state index is 14.3. The van der Waals surface area contributed by atoms with Crippen molar-refractivity contribution in [3.63, 3.8) is 0 Å². The Balaban J connectivity index is 1.74. The van der Waals surface area contributed by atoms with E-state index in [-0.39, 0.29) is 23.4 Å². The SMILES string of the molecule is CCCOc1cccc(NC2=C(c3ccc(C)c(C)c3)C(=O)N(Cc3ccccc3F)C2=O)c1. The molecular weight excluding hydrogens is 431 g/mol. The monoisotopic (exact) mass is 458 g/mol. The Hall–Kier alpha value is -3.93. The second-order valence-corrected chi connectivity index (χ2v) is 8.34. The normalized spacial score (nSPS) is 13.6. The van der Waals surface area contributed by atoms with E-state index in [0.717, 1.165) is 22.4 Å². The third-order valence-corrected chi connectivity index (χ3v) is 5.83. The van der Waals surface area contributed by atoms with Crippen molar-refractivity contribution in [1.29, 1.82) is 0 Å². The van der Waals surface area contributed by atoms with Gasteiger partial charge in [-0.25, -0.2) is 4.39 Å². The van der Waals surface area contributed by atoms with Gasteiger partial charge in [0.15, 0.2) is 0 Å². The molecule has 0 saturated carbocycles. The molecule has 0 saturated heterocycles. The van der Waals surface area contributed by atoms with Crippen LogP contribution in [0.25, 0.3) is 5.57 Å². The molecule has 2 amide bonds. The Morgan fingerprint density at radius 2 is 1.71 bits per heavy atom. The molecule has 0 radical (unpaired) electrons. The van der Waals surface area contributed by atoms with Crippen molar-refractivity contribution in [2.75, 3.05) is 11.9 Å². The van der Waals surface area contributed by atoms with Gasteiger partial charge in [-0.15, -0.1) is 0 Å². The van der Waals surface area contributed by atoms with Gasteiger partial charge in [0.1, 0.15) is 17.3 Å². The zero-order valence-electron chi connectivity index (χ0n) is 19.5. The molecule has 0 atom stereocenters. The fourth-order valence-electron chi connectivity index (χ4n) is 3.83. The molecule has 0 bridgehead atoms. The number of ether oxygens (including phenoxy) is 1. The van der Waals surface area contributed by atoms with Crippen molar-refractivity contribution < 1.29 is 18.7 Å². The highest BCUT2D eigenvalue weighted by Gasteiger charge is 2.39. The molecule has 5 nitrogen and oxygen atoms in total. The molecule has 0 aromatic heterocycles. The summed E-state index contributed by atoms with van der Waals surface area (Å²) < 4.78 is 20.0. The fraction of sp³-hybridized carbons (Fsp3) is 0.214. The van der Waals surface area contributed by atoms with Gasteiger partial charge in [-0.05, 0) is 55.2 Å². The molecule has 1 N–H and O–H groups in total. The molecule has 4 rings (SSSR count). The Kier molecular flexibility index (Phi) is 6.77. The number of anilines is 1. The molecule has 0 aliphatic carbocycles. The molecule has 1 aliphatic heterocycles. The lowest BCUT2D eigenvalue weighted by Crippen LogP contribution is -2.32. The number of halogens is 1. The van der Waals surface area contributed by atoms with E-state index in [2.05, 4.69) is 5.32 Å². The van der Waals surface area contributed by atoms with E-state index in [1.54, 1.807) is 30.3 Å². The number of rotatable bonds is 8. The van der Waals surface area contributed by atoms with Gasteiger partial charge < -0.3 is 10.1 Å². The Labute approximate surface area is 198 Å². The quantitative estimate of drug-likeness (QED) is 0.445. The average Bonchev–Trinajstić information content (AvgIpc) is 3.05. The first-order valence-electron chi connectivity index (χ1n) is 11.3. The van der Waals surface area contributed by atoms with Crippen LogP contribution in [0.5, 0.6) is 5.75 Å². The summed E-state index contributed by atoms with van der Waals surface area (Å²) >= 11 is 0. The van der Waals surface area contributed by atoms with Gasteiger partial charge in [0.25, 0.3) is 11.8 Å². The van der Waals surface area contributed by atoms with Crippen LogP contribution in [0.2, 0.25) is 0 Å². The summed E-state index contributed by atoms with van der Waals surface area (Å²) in [7, 11) is 0. The van der Waals surface area contributed by atoms with E-state index in [9.17, 15) is 14.0 Å². The van der Waals surface area contributed by atoms with Crippen LogP contribution in [0.1, 0.15) is 35.6 Å². The summed E-state index contributed by atoms with van der Waals surface area (Å²) in [4.78, 5) is 28.0. The molecule has 0 fully saturated rings. The predicted molar refractivity (Wildman–Crippen MR) is 131 cm³/mol. The summed E-state index contributed by atoms with van der Waals surface area (Å²) in [5, 5.41) is 3.14. The summed E-state index contributed by atoms with van der Waals surface area (Å²) in [6, 6.07) is 19.1. The van der Waals surface area contributed by atoms with Gasteiger partial charge in [-0.3, -0.25) is 14.5 Å². The number of imide groups is 1. The molecule has 1 aliphatic rings. The molecule has 0 spiro atoms. The van der Waals surface area contributed by atoms with Crippen LogP contribution < -0.4 is 10.1 Å². The van der Waals surface area contributed by atoms with Crippen LogP contribution in [0, 0.1) is 19.7 Å². The number of hydrogen-bond acceptors (Lipinski definition) is 4. The molecule has 3 aromatic rings. The number of carbonyl (C=O) groups is 2. The molecule has 6 heteroatoms. The summed E-state index contributed by atoms with van der Waals surface area (Å²) in [6.07, 6.45) is 0.873. The predicted octanol–water partition coefficient (Wildman–Crippen LogP) is 5.62. The molecule has 1 heterocycles. The molecule has 174 valence electrons. The summed E-state index contributed by atoms with van der Waals surface area (Å²) in [5.74, 6) is -0.753. The van der Waals surface area contributed by atoms with Crippen LogP contribution in [-0.4, -0.2) is 23.3 Å². The average molecular weight is 459 g/mol. The van der Waals surface area contributed by atoms with E-state index in [1.807, 2.05) is 51.1 Å². The first kappa shape index (κ1) is 23.2.